The molecule has 144 valence electrons. The van der Waals surface area contributed by atoms with Crippen LogP contribution in [0.3, 0.4) is 0 Å². The van der Waals surface area contributed by atoms with Gasteiger partial charge in [-0.15, -0.1) is 10.2 Å². The number of aromatic nitrogens is 2. The lowest BCUT2D eigenvalue weighted by Crippen LogP contribution is -2.06. The number of nitrogens with zero attached hydrogens (tertiary/aromatic N) is 3. The summed E-state index contributed by atoms with van der Waals surface area (Å²) >= 11 is 0. The number of benzene rings is 2. The number of oxime groups is 1. The summed E-state index contributed by atoms with van der Waals surface area (Å²) in [6.07, 6.45) is 1.83. The van der Waals surface area contributed by atoms with Crippen LogP contribution in [-0.2, 0) is 22.7 Å². The van der Waals surface area contributed by atoms with Gasteiger partial charge in [0.05, 0.1) is 0 Å². The smallest absolute Gasteiger partial charge is 0.303 e. The molecule has 8 nitrogen and oxygen atoms in total. The van der Waals surface area contributed by atoms with Crippen LogP contribution in [0.15, 0.2) is 64.5 Å². The molecule has 0 fully saturated rings. The summed E-state index contributed by atoms with van der Waals surface area (Å²) in [5.74, 6) is 0.154. The van der Waals surface area contributed by atoms with Crippen molar-refractivity contribution in [3.63, 3.8) is 0 Å². The van der Waals surface area contributed by atoms with Crippen molar-refractivity contribution in [3.8, 4) is 5.75 Å². The molecule has 0 amide bonds. The number of rotatable bonds is 9. The standard InChI is InChI=1S/C20H19N3O5/c1-26-23-19(20-22-21-13-28-20)16-4-2-3-15(11-16)12-27-17-8-5-14(6-9-17)7-10-18(24)25/h2-6,8-9,11,13H,7,10,12H2,1H3,(H,24,25). The second-order valence-electron chi connectivity index (χ2n) is 5.89. The van der Waals surface area contributed by atoms with Crippen LogP contribution in [0.1, 0.15) is 29.0 Å². The van der Waals surface area contributed by atoms with Gasteiger partial charge in [0.1, 0.15) is 19.5 Å². The maximum atomic E-state index is 10.6. The van der Waals surface area contributed by atoms with E-state index in [1.54, 1.807) is 0 Å². The molecule has 3 rings (SSSR count). The molecular formula is C20H19N3O5. The topological polar surface area (TPSA) is 107 Å². The molecular weight excluding hydrogens is 362 g/mol. The molecule has 0 saturated carbocycles. The van der Waals surface area contributed by atoms with Gasteiger partial charge in [0.25, 0.3) is 5.89 Å². The minimum Gasteiger partial charge on any atom is -0.489 e. The number of aryl methyl sites for hydroxylation is 1. The highest BCUT2D eigenvalue weighted by Gasteiger charge is 2.14. The number of carbonyl (C=O) groups is 1. The second kappa shape index (κ2) is 9.31. The van der Waals surface area contributed by atoms with Gasteiger partial charge in [0.2, 0.25) is 6.39 Å². The van der Waals surface area contributed by atoms with E-state index < -0.39 is 5.97 Å². The van der Waals surface area contributed by atoms with Gasteiger partial charge < -0.3 is 19.1 Å². The molecule has 1 aromatic heterocycles. The van der Waals surface area contributed by atoms with Gasteiger partial charge in [-0.1, -0.05) is 35.5 Å². The zero-order valence-corrected chi connectivity index (χ0v) is 15.2. The number of carboxylic acids is 1. The third kappa shape index (κ3) is 5.16. The number of carboxylic acid groups (broad SMARTS) is 1. The number of hydrogen-bond acceptors (Lipinski definition) is 7. The number of ether oxygens (including phenoxy) is 1. The molecule has 28 heavy (non-hydrogen) atoms. The molecule has 8 heteroatoms. The zero-order chi connectivity index (χ0) is 19.8. The van der Waals surface area contributed by atoms with Gasteiger partial charge in [-0.05, 0) is 35.7 Å². The summed E-state index contributed by atoms with van der Waals surface area (Å²) in [4.78, 5) is 15.5. The van der Waals surface area contributed by atoms with Crippen molar-refractivity contribution in [2.45, 2.75) is 19.4 Å². The summed E-state index contributed by atoms with van der Waals surface area (Å²) in [5.41, 5.74) is 3.08. The minimum atomic E-state index is -0.808. The van der Waals surface area contributed by atoms with Crippen LogP contribution in [0, 0.1) is 0 Å². The third-order valence-corrected chi connectivity index (χ3v) is 3.90. The van der Waals surface area contributed by atoms with Crippen LogP contribution in [0.4, 0.5) is 0 Å². The molecule has 0 spiro atoms. The van der Waals surface area contributed by atoms with Crippen molar-refractivity contribution in [1.82, 2.24) is 10.2 Å². The van der Waals surface area contributed by atoms with Gasteiger partial charge in [0.15, 0.2) is 5.71 Å². The van der Waals surface area contributed by atoms with Crippen LogP contribution in [-0.4, -0.2) is 34.1 Å². The highest BCUT2D eigenvalue weighted by molar-refractivity contribution is 6.09. The Morgan fingerprint density at radius 3 is 2.68 bits per heavy atom. The molecule has 0 aliphatic carbocycles. The second-order valence-corrected chi connectivity index (χ2v) is 5.89. The minimum absolute atomic E-state index is 0.110. The maximum absolute atomic E-state index is 10.6. The van der Waals surface area contributed by atoms with Crippen molar-refractivity contribution < 1.29 is 23.9 Å². The lowest BCUT2D eigenvalue weighted by molar-refractivity contribution is -0.136. The first-order valence-electron chi connectivity index (χ1n) is 8.56. The summed E-state index contributed by atoms with van der Waals surface area (Å²) < 4.78 is 11.0. The average Bonchev–Trinajstić information content (AvgIpc) is 3.24. The fourth-order valence-corrected chi connectivity index (χ4v) is 2.56. The van der Waals surface area contributed by atoms with Crippen LogP contribution in [0.25, 0.3) is 0 Å². The monoisotopic (exact) mass is 381 g/mol. The predicted molar refractivity (Wildman–Crippen MR) is 100 cm³/mol. The van der Waals surface area contributed by atoms with E-state index in [-0.39, 0.29) is 12.3 Å². The van der Waals surface area contributed by atoms with Crippen LogP contribution >= 0.6 is 0 Å². The van der Waals surface area contributed by atoms with Gasteiger partial charge in [-0.25, -0.2) is 0 Å². The van der Waals surface area contributed by atoms with E-state index in [1.807, 2.05) is 48.5 Å². The first-order valence-corrected chi connectivity index (χ1v) is 8.56. The third-order valence-electron chi connectivity index (χ3n) is 3.90. The summed E-state index contributed by atoms with van der Waals surface area (Å²) in [6.45, 7) is 0.354. The van der Waals surface area contributed by atoms with E-state index in [2.05, 4.69) is 15.4 Å². The van der Waals surface area contributed by atoms with Gasteiger partial charge >= 0.3 is 5.97 Å². The highest BCUT2D eigenvalue weighted by atomic mass is 16.6. The Kier molecular flexibility index (Phi) is 6.35. The van der Waals surface area contributed by atoms with Crippen molar-refractivity contribution in [2.24, 2.45) is 5.16 Å². The van der Waals surface area contributed by atoms with Gasteiger partial charge in [-0.3, -0.25) is 4.79 Å². The molecule has 0 bridgehead atoms. The van der Waals surface area contributed by atoms with E-state index in [9.17, 15) is 4.79 Å². The lowest BCUT2D eigenvalue weighted by Gasteiger charge is -2.09. The number of aliphatic carboxylic acids is 1. The van der Waals surface area contributed by atoms with Crippen molar-refractivity contribution >= 4 is 11.7 Å². The summed E-state index contributed by atoms with van der Waals surface area (Å²) in [5, 5.41) is 20.3. The van der Waals surface area contributed by atoms with Gasteiger partial charge in [0, 0.05) is 12.0 Å². The Balaban J connectivity index is 1.66. The SMILES string of the molecule is CON=C(c1cccc(COc2ccc(CCC(=O)O)cc2)c1)c1nnco1. The normalized spacial score (nSPS) is 11.2. The van der Waals surface area contributed by atoms with E-state index in [1.165, 1.54) is 13.5 Å². The van der Waals surface area contributed by atoms with E-state index in [0.717, 1.165) is 16.7 Å². The fourth-order valence-electron chi connectivity index (χ4n) is 2.56. The lowest BCUT2D eigenvalue weighted by atomic mass is 10.1. The molecule has 1 heterocycles. The molecule has 0 aliphatic heterocycles. The molecule has 2 aromatic carbocycles. The molecule has 1 N–H and O–H groups in total. The van der Waals surface area contributed by atoms with Crippen molar-refractivity contribution in [3.05, 3.63) is 77.5 Å². The average molecular weight is 381 g/mol. The van der Waals surface area contributed by atoms with Crippen molar-refractivity contribution in [2.75, 3.05) is 7.11 Å². The molecule has 0 saturated heterocycles. The maximum Gasteiger partial charge on any atom is 0.303 e. The molecule has 0 unspecified atom stereocenters. The van der Waals surface area contributed by atoms with E-state index >= 15 is 0 Å². The largest absolute Gasteiger partial charge is 0.489 e. The molecule has 3 aromatic rings. The van der Waals surface area contributed by atoms with Gasteiger partial charge in [-0.2, -0.15) is 0 Å². The summed E-state index contributed by atoms with van der Waals surface area (Å²) in [6, 6.07) is 15.0. The first-order chi connectivity index (χ1) is 13.7. The highest BCUT2D eigenvalue weighted by Crippen LogP contribution is 2.17. The van der Waals surface area contributed by atoms with E-state index in [4.69, 9.17) is 19.1 Å². The van der Waals surface area contributed by atoms with E-state index in [0.29, 0.717) is 24.5 Å². The fraction of sp³-hybridized carbons (Fsp3) is 0.200. The summed E-state index contributed by atoms with van der Waals surface area (Å²) in [7, 11) is 1.45. The molecule has 0 aliphatic rings. The Bertz CT molecular complexity index is 937. The molecule has 0 atom stereocenters. The Morgan fingerprint density at radius 1 is 1.18 bits per heavy atom. The number of hydrogen-bond donors (Lipinski definition) is 1. The Labute approximate surface area is 161 Å². The molecule has 0 radical (unpaired) electrons. The Hall–Kier alpha value is -3.68. The van der Waals surface area contributed by atoms with Crippen LogP contribution in [0.5, 0.6) is 5.75 Å². The Morgan fingerprint density at radius 2 is 2.00 bits per heavy atom. The zero-order valence-electron chi connectivity index (χ0n) is 15.2. The van der Waals surface area contributed by atoms with Crippen LogP contribution < -0.4 is 4.74 Å². The first kappa shape index (κ1) is 19.1. The van der Waals surface area contributed by atoms with Crippen molar-refractivity contribution in [1.29, 1.82) is 0 Å². The van der Waals surface area contributed by atoms with Crippen LogP contribution in [0.2, 0.25) is 0 Å². The predicted octanol–water partition coefficient (Wildman–Crippen LogP) is 3.06. The quantitative estimate of drug-likeness (QED) is 0.448.